The Labute approximate surface area is 99.6 Å². The first-order valence-electron chi connectivity index (χ1n) is 5.60. The summed E-state index contributed by atoms with van der Waals surface area (Å²) in [4.78, 5) is 16.2. The van der Waals surface area contributed by atoms with Crippen LogP contribution in [0.2, 0.25) is 0 Å². The van der Waals surface area contributed by atoms with Crippen LogP contribution in [0.25, 0.3) is 5.65 Å². The summed E-state index contributed by atoms with van der Waals surface area (Å²) in [5.74, 6) is 0. The Kier molecular flexibility index (Phi) is 3.67. The molecule has 2 aromatic rings. The third kappa shape index (κ3) is 2.79. The lowest BCUT2D eigenvalue weighted by Gasteiger charge is -2.04. The maximum Gasteiger partial charge on any atom is 0.258 e. The van der Waals surface area contributed by atoms with Crippen molar-refractivity contribution in [3.8, 4) is 0 Å². The number of nitrogens with one attached hydrogen (secondary N) is 1. The van der Waals surface area contributed by atoms with Gasteiger partial charge in [0.15, 0.2) is 0 Å². The molecule has 17 heavy (non-hydrogen) atoms. The van der Waals surface area contributed by atoms with E-state index in [-0.39, 0.29) is 5.56 Å². The third-order valence-corrected chi connectivity index (χ3v) is 2.46. The second-order valence-electron chi connectivity index (χ2n) is 3.77. The molecule has 2 rings (SSSR count). The Hall–Kier alpha value is -1.94. The van der Waals surface area contributed by atoms with Gasteiger partial charge in [0.25, 0.3) is 5.56 Å². The highest BCUT2D eigenvalue weighted by atomic mass is 16.1. The lowest BCUT2D eigenvalue weighted by molar-refractivity contribution is 0.681. The van der Waals surface area contributed by atoms with Crippen LogP contribution in [0.3, 0.4) is 0 Å². The van der Waals surface area contributed by atoms with Crippen molar-refractivity contribution < 1.29 is 0 Å². The lowest BCUT2D eigenvalue weighted by atomic mass is 10.3. The van der Waals surface area contributed by atoms with Crippen molar-refractivity contribution >= 4 is 5.65 Å². The molecular formula is C13H15N3O. The number of nitrogens with zero attached hydrogens (tertiary/aromatic N) is 2. The number of fused-ring (bicyclic) bond motifs is 1. The van der Waals surface area contributed by atoms with E-state index in [1.165, 1.54) is 4.40 Å². The Bertz CT molecular complexity index is 574. The Balaban J connectivity index is 2.19. The first-order valence-corrected chi connectivity index (χ1v) is 5.60. The van der Waals surface area contributed by atoms with E-state index in [2.05, 4.69) is 16.9 Å². The van der Waals surface area contributed by atoms with Crippen LogP contribution in [0, 0.1) is 0 Å². The predicted molar refractivity (Wildman–Crippen MR) is 68.0 cm³/mol. The van der Waals surface area contributed by atoms with Crippen molar-refractivity contribution in [2.24, 2.45) is 0 Å². The molecule has 0 fully saturated rings. The van der Waals surface area contributed by atoms with E-state index in [1.54, 1.807) is 12.3 Å². The Morgan fingerprint density at radius 2 is 2.35 bits per heavy atom. The van der Waals surface area contributed by atoms with Gasteiger partial charge in [0.05, 0.1) is 5.69 Å². The van der Waals surface area contributed by atoms with E-state index in [0.717, 1.165) is 18.7 Å². The van der Waals surface area contributed by atoms with Gasteiger partial charge in [-0.2, -0.15) is 0 Å². The van der Waals surface area contributed by atoms with Crippen molar-refractivity contribution in [2.75, 3.05) is 6.54 Å². The Morgan fingerprint density at radius 1 is 1.47 bits per heavy atom. The van der Waals surface area contributed by atoms with Gasteiger partial charge in [0.1, 0.15) is 5.65 Å². The van der Waals surface area contributed by atoms with Gasteiger partial charge in [-0.15, -0.1) is 6.58 Å². The fourth-order valence-corrected chi connectivity index (χ4v) is 1.61. The molecule has 2 heterocycles. The van der Waals surface area contributed by atoms with Gasteiger partial charge in [0.2, 0.25) is 0 Å². The SMILES string of the molecule is C=CCCNCc1cc(=O)n2ccccc2n1. The smallest absolute Gasteiger partial charge is 0.258 e. The van der Waals surface area contributed by atoms with Gasteiger partial charge < -0.3 is 5.32 Å². The van der Waals surface area contributed by atoms with Gasteiger partial charge in [-0.05, 0) is 25.1 Å². The van der Waals surface area contributed by atoms with Gasteiger partial charge in [0, 0.05) is 18.8 Å². The normalized spacial score (nSPS) is 10.6. The molecule has 88 valence electrons. The molecule has 0 atom stereocenters. The van der Waals surface area contributed by atoms with Crippen molar-refractivity contribution in [3.05, 3.63) is 59.2 Å². The van der Waals surface area contributed by atoms with Gasteiger partial charge in [-0.3, -0.25) is 9.20 Å². The third-order valence-electron chi connectivity index (χ3n) is 2.46. The van der Waals surface area contributed by atoms with E-state index < -0.39 is 0 Å². The second-order valence-corrected chi connectivity index (χ2v) is 3.77. The molecule has 0 aliphatic heterocycles. The van der Waals surface area contributed by atoms with E-state index in [0.29, 0.717) is 12.2 Å². The van der Waals surface area contributed by atoms with Gasteiger partial charge >= 0.3 is 0 Å². The van der Waals surface area contributed by atoms with Crippen LogP contribution in [0.15, 0.2) is 47.9 Å². The van der Waals surface area contributed by atoms with Crippen molar-refractivity contribution in [3.63, 3.8) is 0 Å². The van der Waals surface area contributed by atoms with Crippen molar-refractivity contribution in [1.29, 1.82) is 0 Å². The largest absolute Gasteiger partial charge is 0.311 e. The molecule has 0 amide bonds. The van der Waals surface area contributed by atoms with E-state index in [9.17, 15) is 4.79 Å². The fourth-order valence-electron chi connectivity index (χ4n) is 1.61. The van der Waals surface area contributed by atoms with Crippen LogP contribution >= 0.6 is 0 Å². The summed E-state index contributed by atoms with van der Waals surface area (Å²) in [6.07, 6.45) is 4.49. The first-order chi connectivity index (χ1) is 8.31. The van der Waals surface area contributed by atoms with Crippen LogP contribution in [0.5, 0.6) is 0 Å². The van der Waals surface area contributed by atoms with Crippen LogP contribution in [-0.4, -0.2) is 15.9 Å². The summed E-state index contributed by atoms with van der Waals surface area (Å²) in [7, 11) is 0. The zero-order valence-corrected chi connectivity index (χ0v) is 9.60. The quantitative estimate of drug-likeness (QED) is 0.622. The minimum absolute atomic E-state index is 0.0453. The zero-order chi connectivity index (χ0) is 12.1. The summed E-state index contributed by atoms with van der Waals surface area (Å²) in [6, 6.07) is 7.08. The second kappa shape index (κ2) is 5.41. The molecule has 0 aliphatic rings. The first kappa shape index (κ1) is 11.5. The number of aromatic nitrogens is 2. The molecule has 1 N–H and O–H groups in total. The van der Waals surface area contributed by atoms with Crippen LogP contribution in [0.1, 0.15) is 12.1 Å². The topological polar surface area (TPSA) is 46.4 Å². The van der Waals surface area contributed by atoms with Crippen LogP contribution < -0.4 is 10.9 Å². The molecule has 0 radical (unpaired) electrons. The van der Waals surface area contributed by atoms with Crippen LogP contribution in [0.4, 0.5) is 0 Å². The standard InChI is InChI=1S/C13H15N3O/c1-2-3-7-14-10-11-9-13(17)16-8-5-4-6-12(16)15-11/h2,4-6,8-9,14H,1,3,7,10H2. The highest BCUT2D eigenvalue weighted by Gasteiger charge is 2.00. The molecule has 0 saturated carbocycles. The maximum absolute atomic E-state index is 11.8. The highest BCUT2D eigenvalue weighted by Crippen LogP contribution is 1.98. The number of hydrogen-bond donors (Lipinski definition) is 1. The summed E-state index contributed by atoms with van der Waals surface area (Å²) in [6.45, 7) is 5.10. The molecule has 4 heteroatoms. The van der Waals surface area contributed by atoms with E-state index >= 15 is 0 Å². The van der Waals surface area contributed by atoms with Crippen molar-refractivity contribution in [2.45, 2.75) is 13.0 Å². The van der Waals surface area contributed by atoms with Crippen molar-refractivity contribution in [1.82, 2.24) is 14.7 Å². The summed E-state index contributed by atoms with van der Waals surface area (Å²) in [5.41, 5.74) is 1.40. The van der Waals surface area contributed by atoms with Gasteiger partial charge in [-0.1, -0.05) is 12.1 Å². The number of rotatable bonds is 5. The maximum atomic E-state index is 11.8. The van der Waals surface area contributed by atoms with Gasteiger partial charge in [-0.25, -0.2) is 4.98 Å². The molecule has 0 aliphatic carbocycles. The summed E-state index contributed by atoms with van der Waals surface area (Å²) >= 11 is 0. The minimum Gasteiger partial charge on any atom is -0.311 e. The van der Waals surface area contributed by atoms with E-state index in [4.69, 9.17) is 0 Å². The predicted octanol–water partition coefficient (Wildman–Crippen LogP) is 1.36. The number of hydrogen-bond acceptors (Lipinski definition) is 3. The molecule has 4 nitrogen and oxygen atoms in total. The lowest BCUT2D eigenvalue weighted by Crippen LogP contribution is -2.20. The molecule has 0 spiro atoms. The highest BCUT2D eigenvalue weighted by molar-refractivity contribution is 5.37. The number of pyridine rings is 1. The summed E-state index contributed by atoms with van der Waals surface area (Å²) in [5, 5.41) is 3.21. The zero-order valence-electron chi connectivity index (χ0n) is 9.60. The molecule has 2 aromatic heterocycles. The average molecular weight is 229 g/mol. The average Bonchev–Trinajstić information content (AvgIpc) is 2.35. The molecule has 0 unspecified atom stereocenters. The fraction of sp³-hybridized carbons (Fsp3) is 0.231. The van der Waals surface area contributed by atoms with Crippen LogP contribution in [-0.2, 0) is 6.54 Å². The molecule has 0 bridgehead atoms. The molecular weight excluding hydrogens is 214 g/mol. The molecule has 0 saturated heterocycles. The summed E-state index contributed by atoms with van der Waals surface area (Å²) < 4.78 is 1.53. The monoisotopic (exact) mass is 229 g/mol. The minimum atomic E-state index is -0.0453. The Morgan fingerprint density at radius 3 is 3.18 bits per heavy atom. The molecule has 0 aromatic carbocycles. The van der Waals surface area contributed by atoms with E-state index in [1.807, 2.05) is 24.3 Å².